The molecule has 0 fully saturated rings. The third-order valence-corrected chi connectivity index (χ3v) is 3.42. The third kappa shape index (κ3) is 3.60. The van der Waals surface area contributed by atoms with Crippen LogP contribution < -0.4 is 15.2 Å². The minimum atomic E-state index is -0.192. The number of benzene rings is 1. The number of nitrogens with two attached hydrogens (primary N) is 1. The second-order valence-electron chi connectivity index (χ2n) is 4.53. The van der Waals surface area contributed by atoms with Crippen LogP contribution in [0.5, 0.6) is 11.5 Å². The molecule has 0 spiro atoms. The predicted octanol–water partition coefficient (Wildman–Crippen LogP) is 1.70. The SMILES string of the molecule is COc1cccc(OC)c1C(=O)N(C)CC(C)C(N)=S. The van der Waals surface area contributed by atoms with Gasteiger partial charge >= 0.3 is 0 Å². The first kappa shape index (κ1) is 16.2. The topological polar surface area (TPSA) is 64.8 Å². The number of carbonyl (C=O) groups is 1. The molecule has 0 radical (unpaired) electrons. The van der Waals surface area contributed by atoms with E-state index in [9.17, 15) is 4.79 Å². The van der Waals surface area contributed by atoms with Crippen LogP contribution in [-0.2, 0) is 0 Å². The molecule has 1 unspecified atom stereocenters. The quantitative estimate of drug-likeness (QED) is 0.809. The number of carbonyl (C=O) groups excluding carboxylic acids is 1. The van der Waals surface area contributed by atoms with E-state index in [1.165, 1.54) is 14.2 Å². The Morgan fingerprint density at radius 3 is 2.25 bits per heavy atom. The molecule has 0 saturated heterocycles. The maximum absolute atomic E-state index is 12.5. The van der Waals surface area contributed by atoms with E-state index in [0.717, 1.165) is 0 Å². The van der Waals surface area contributed by atoms with Crippen LogP contribution in [0.2, 0.25) is 0 Å². The van der Waals surface area contributed by atoms with Crippen molar-refractivity contribution in [3.63, 3.8) is 0 Å². The summed E-state index contributed by atoms with van der Waals surface area (Å²) in [5.74, 6) is 0.704. The maximum atomic E-state index is 12.5. The molecule has 0 heterocycles. The van der Waals surface area contributed by atoms with Crippen molar-refractivity contribution < 1.29 is 14.3 Å². The van der Waals surface area contributed by atoms with Crippen LogP contribution in [0.1, 0.15) is 17.3 Å². The van der Waals surface area contributed by atoms with Crippen molar-refractivity contribution in [1.82, 2.24) is 4.90 Å². The number of hydrogen-bond donors (Lipinski definition) is 1. The largest absolute Gasteiger partial charge is 0.496 e. The number of rotatable bonds is 6. The standard InChI is InChI=1S/C14H20N2O3S/c1-9(13(15)20)8-16(2)14(17)12-10(18-3)6-5-7-11(12)19-4/h5-7,9H,8H2,1-4H3,(H2,15,20). The van der Waals surface area contributed by atoms with E-state index in [-0.39, 0.29) is 11.8 Å². The molecule has 0 aliphatic heterocycles. The lowest BCUT2D eigenvalue weighted by molar-refractivity contribution is 0.0780. The van der Waals surface area contributed by atoms with Gasteiger partial charge in [-0.15, -0.1) is 0 Å². The molecule has 6 heteroatoms. The summed E-state index contributed by atoms with van der Waals surface area (Å²) >= 11 is 4.93. The molecular weight excluding hydrogens is 276 g/mol. The van der Waals surface area contributed by atoms with Gasteiger partial charge in [0.1, 0.15) is 17.1 Å². The van der Waals surface area contributed by atoms with Crippen LogP contribution in [0.3, 0.4) is 0 Å². The van der Waals surface area contributed by atoms with Crippen molar-refractivity contribution in [3.8, 4) is 11.5 Å². The van der Waals surface area contributed by atoms with Crippen LogP contribution in [-0.4, -0.2) is 43.6 Å². The minimum absolute atomic E-state index is 0.0559. The lowest BCUT2D eigenvalue weighted by Gasteiger charge is -2.23. The van der Waals surface area contributed by atoms with Gasteiger partial charge in [0.25, 0.3) is 5.91 Å². The number of thiocarbonyl (C=S) groups is 1. The monoisotopic (exact) mass is 296 g/mol. The summed E-state index contributed by atoms with van der Waals surface area (Å²) in [6, 6.07) is 5.22. The Morgan fingerprint density at radius 1 is 1.35 bits per heavy atom. The molecule has 0 aliphatic rings. The van der Waals surface area contributed by atoms with Gasteiger partial charge in [0.15, 0.2) is 0 Å². The molecule has 1 rings (SSSR count). The summed E-state index contributed by atoms with van der Waals surface area (Å²) in [6.45, 7) is 2.32. The zero-order valence-electron chi connectivity index (χ0n) is 12.2. The summed E-state index contributed by atoms with van der Waals surface area (Å²) < 4.78 is 10.5. The molecule has 110 valence electrons. The van der Waals surface area contributed by atoms with Gasteiger partial charge in [-0.25, -0.2) is 0 Å². The zero-order chi connectivity index (χ0) is 15.3. The average Bonchev–Trinajstić information content (AvgIpc) is 2.45. The van der Waals surface area contributed by atoms with Crippen LogP contribution >= 0.6 is 12.2 Å². The molecule has 0 aliphatic carbocycles. The van der Waals surface area contributed by atoms with Gasteiger partial charge in [0, 0.05) is 19.5 Å². The van der Waals surface area contributed by atoms with Crippen LogP contribution in [0.4, 0.5) is 0 Å². The molecule has 1 atom stereocenters. The van der Waals surface area contributed by atoms with Crippen molar-refractivity contribution in [3.05, 3.63) is 23.8 Å². The zero-order valence-corrected chi connectivity index (χ0v) is 13.0. The van der Waals surface area contributed by atoms with E-state index in [2.05, 4.69) is 0 Å². The molecule has 0 saturated carbocycles. The molecule has 0 bridgehead atoms. The Labute approximate surface area is 124 Å². The Bertz CT molecular complexity index is 483. The highest BCUT2D eigenvalue weighted by atomic mass is 32.1. The number of amides is 1. The van der Waals surface area contributed by atoms with E-state index in [4.69, 9.17) is 27.4 Å². The normalized spacial score (nSPS) is 11.6. The smallest absolute Gasteiger partial charge is 0.261 e. The number of methoxy groups -OCH3 is 2. The van der Waals surface area contributed by atoms with Crippen LogP contribution in [0.15, 0.2) is 18.2 Å². The van der Waals surface area contributed by atoms with Crippen LogP contribution in [0.25, 0.3) is 0 Å². The fourth-order valence-electron chi connectivity index (χ4n) is 1.84. The van der Waals surface area contributed by atoms with Gasteiger partial charge in [-0.05, 0) is 12.1 Å². The van der Waals surface area contributed by atoms with E-state index in [0.29, 0.717) is 28.6 Å². The molecule has 1 aromatic rings. The second-order valence-corrected chi connectivity index (χ2v) is 5.00. The summed E-state index contributed by atoms with van der Waals surface area (Å²) in [4.78, 5) is 14.5. The van der Waals surface area contributed by atoms with Gasteiger partial charge in [-0.3, -0.25) is 4.79 Å². The highest BCUT2D eigenvalue weighted by Crippen LogP contribution is 2.29. The highest BCUT2D eigenvalue weighted by molar-refractivity contribution is 7.80. The molecule has 1 amide bonds. The minimum Gasteiger partial charge on any atom is -0.496 e. The first-order chi connectivity index (χ1) is 9.42. The summed E-state index contributed by atoms with van der Waals surface area (Å²) in [5, 5.41) is 0. The second kappa shape index (κ2) is 7.09. The number of nitrogens with zero attached hydrogens (tertiary/aromatic N) is 1. The number of ether oxygens (including phenoxy) is 2. The molecular formula is C14H20N2O3S. The van der Waals surface area contributed by atoms with Gasteiger partial charge in [0.05, 0.1) is 19.2 Å². The number of hydrogen-bond acceptors (Lipinski definition) is 4. The Balaban J connectivity index is 3.04. The van der Waals surface area contributed by atoms with Gasteiger partial charge in [-0.2, -0.15) is 0 Å². The van der Waals surface area contributed by atoms with Crippen molar-refractivity contribution in [2.45, 2.75) is 6.92 Å². The van der Waals surface area contributed by atoms with Crippen molar-refractivity contribution in [2.24, 2.45) is 11.7 Å². The van der Waals surface area contributed by atoms with Gasteiger partial charge in [0.2, 0.25) is 0 Å². The average molecular weight is 296 g/mol. The summed E-state index contributed by atoms with van der Waals surface area (Å²) in [5.41, 5.74) is 5.98. The van der Waals surface area contributed by atoms with Crippen molar-refractivity contribution >= 4 is 23.1 Å². The van der Waals surface area contributed by atoms with E-state index in [1.54, 1.807) is 30.1 Å². The lowest BCUT2D eigenvalue weighted by atomic mass is 10.1. The maximum Gasteiger partial charge on any atom is 0.261 e. The van der Waals surface area contributed by atoms with Crippen molar-refractivity contribution in [1.29, 1.82) is 0 Å². The molecule has 5 nitrogen and oxygen atoms in total. The van der Waals surface area contributed by atoms with E-state index >= 15 is 0 Å². The fraction of sp³-hybridized carbons (Fsp3) is 0.429. The lowest BCUT2D eigenvalue weighted by Crippen LogP contribution is -2.35. The molecule has 1 aromatic carbocycles. The Kier molecular flexibility index (Phi) is 5.76. The summed E-state index contributed by atoms with van der Waals surface area (Å²) in [7, 11) is 4.73. The van der Waals surface area contributed by atoms with Gasteiger partial charge in [-0.1, -0.05) is 25.2 Å². The Hall–Kier alpha value is -1.82. The first-order valence-corrected chi connectivity index (χ1v) is 6.59. The fourth-order valence-corrected chi connectivity index (χ4v) is 1.91. The summed E-state index contributed by atoms with van der Waals surface area (Å²) in [6.07, 6.45) is 0. The molecule has 20 heavy (non-hydrogen) atoms. The molecule has 0 aromatic heterocycles. The molecule has 2 N–H and O–H groups in total. The predicted molar refractivity (Wildman–Crippen MR) is 82.5 cm³/mol. The van der Waals surface area contributed by atoms with E-state index < -0.39 is 0 Å². The highest BCUT2D eigenvalue weighted by Gasteiger charge is 2.23. The van der Waals surface area contributed by atoms with E-state index in [1.807, 2.05) is 6.92 Å². The van der Waals surface area contributed by atoms with Crippen molar-refractivity contribution in [2.75, 3.05) is 27.8 Å². The Morgan fingerprint density at radius 2 is 1.85 bits per heavy atom. The first-order valence-electron chi connectivity index (χ1n) is 6.18. The van der Waals surface area contributed by atoms with Crippen LogP contribution in [0, 0.1) is 5.92 Å². The third-order valence-electron chi connectivity index (χ3n) is 3.02. The van der Waals surface area contributed by atoms with Gasteiger partial charge < -0.3 is 20.1 Å².